The number of hydrogen-bond donors (Lipinski definition) is 2. The highest BCUT2D eigenvalue weighted by molar-refractivity contribution is 6.31. The first-order chi connectivity index (χ1) is 18.2. The Bertz CT molecular complexity index is 1320. The third-order valence-electron chi connectivity index (χ3n) is 6.23. The number of nitrogens with zero attached hydrogens (tertiary/aromatic N) is 4. The van der Waals surface area contributed by atoms with Crippen molar-refractivity contribution >= 4 is 29.2 Å². The number of nitrogens with one attached hydrogen (secondary N) is 1. The van der Waals surface area contributed by atoms with Gasteiger partial charge < -0.3 is 20.7 Å². The Labute approximate surface area is 223 Å². The van der Waals surface area contributed by atoms with Crippen molar-refractivity contribution in [1.82, 2.24) is 25.1 Å². The van der Waals surface area contributed by atoms with Crippen molar-refractivity contribution in [2.75, 3.05) is 45.0 Å². The van der Waals surface area contributed by atoms with Crippen LogP contribution in [0.5, 0.6) is 5.88 Å². The Kier molecular flexibility index (Phi) is 8.70. The van der Waals surface area contributed by atoms with E-state index in [0.29, 0.717) is 43.0 Å². The third kappa shape index (κ3) is 6.53. The van der Waals surface area contributed by atoms with E-state index in [-0.39, 0.29) is 34.1 Å². The van der Waals surface area contributed by atoms with Crippen molar-refractivity contribution in [2.24, 2.45) is 0 Å². The fourth-order valence-electron chi connectivity index (χ4n) is 3.98. The first-order valence-corrected chi connectivity index (χ1v) is 12.3. The molecule has 2 aromatic carbocycles. The van der Waals surface area contributed by atoms with Crippen LogP contribution in [0.1, 0.15) is 22.8 Å². The highest BCUT2D eigenvalue weighted by Gasteiger charge is 2.19. The number of anilines is 1. The van der Waals surface area contributed by atoms with Crippen LogP contribution in [0.25, 0.3) is 11.3 Å². The van der Waals surface area contributed by atoms with Crippen molar-refractivity contribution in [3.63, 3.8) is 0 Å². The van der Waals surface area contributed by atoms with E-state index >= 15 is 0 Å². The summed E-state index contributed by atoms with van der Waals surface area (Å²) < 4.78 is 33.2. The van der Waals surface area contributed by atoms with Crippen LogP contribution in [0, 0.1) is 11.6 Å². The monoisotopic (exact) mass is 544 g/mol. The first-order valence-electron chi connectivity index (χ1n) is 12.0. The molecule has 200 valence electrons. The summed E-state index contributed by atoms with van der Waals surface area (Å²) in [5, 5.41) is 2.53. The highest BCUT2D eigenvalue weighted by Crippen LogP contribution is 2.27. The molecule has 0 saturated carbocycles. The van der Waals surface area contributed by atoms with Gasteiger partial charge in [-0.2, -0.15) is 0 Å². The summed E-state index contributed by atoms with van der Waals surface area (Å²) >= 11 is 5.85. The van der Waals surface area contributed by atoms with Gasteiger partial charge in [-0.3, -0.25) is 14.5 Å². The van der Waals surface area contributed by atoms with Gasteiger partial charge in [-0.15, -0.1) is 0 Å². The van der Waals surface area contributed by atoms with Crippen LogP contribution >= 0.6 is 11.6 Å². The zero-order valence-electron chi connectivity index (χ0n) is 20.7. The van der Waals surface area contributed by atoms with Gasteiger partial charge >= 0.3 is 0 Å². The van der Waals surface area contributed by atoms with Gasteiger partial charge in [-0.1, -0.05) is 23.7 Å². The minimum atomic E-state index is -0.767. The second-order valence-corrected chi connectivity index (χ2v) is 9.11. The molecule has 0 atom stereocenters. The maximum Gasteiger partial charge on any atom is 0.258 e. The summed E-state index contributed by atoms with van der Waals surface area (Å²) in [6, 6.07) is 8.64. The molecule has 1 saturated heterocycles. The van der Waals surface area contributed by atoms with Gasteiger partial charge in [-0.05, 0) is 24.3 Å². The molecule has 2 amide bonds. The van der Waals surface area contributed by atoms with E-state index < -0.39 is 18.2 Å². The molecule has 1 aliphatic rings. The number of piperazine rings is 1. The quantitative estimate of drug-likeness (QED) is 0.419. The number of ether oxygens (including phenoxy) is 1. The van der Waals surface area contributed by atoms with Gasteiger partial charge in [0, 0.05) is 62.9 Å². The fraction of sp³-hybridized carbons (Fsp3) is 0.308. The number of amides is 2. The summed E-state index contributed by atoms with van der Waals surface area (Å²) in [5.41, 5.74) is 7.23. The number of hydrogen-bond acceptors (Lipinski definition) is 7. The van der Waals surface area contributed by atoms with Gasteiger partial charge in [0.1, 0.15) is 18.2 Å². The lowest BCUT2D eigenvalue weighted by atomic mass is 10.1. The van der Waals surface area contributed by atoms with Gasteiger partial charge in [0.15, 0.2) is 5.82 Å². The van der Waals surface area contributed by atoms with Crippen molar-refractivity contribution in [3.05, 3.63) is 70.4 Å². The lowest BCUT2D eigenvalue weighted by Gasteiger charge is -2.34. The molecular weight excluding hydrogens is 518 g/mol. The Morgan fingerprint density at radius 1 is 1.08 bits per heavy atom. The number of rotatable bonds is 8. The summed E-state index contributed by atoms with van der Waals surface area (Å²) in [6.07, 6.45) is 1.44. The van der Waals surface area contributed by atoms with E-state index in [2.05, 4.69) is 20.2 Å². The van der Waals surface area contributed by atoms with Crippen LogP contribution in [0.15, 0.2) is 42.6 Å². The second-order valence-electron chi connectivity index (χ2n) is 8.74. The van der Waals surface area contributed by atoms with Gasteiger partial charge in [-0.25, -0.2) is 18.7 Å². The zero-order valence-corrected chi connectivity index (χ0v) is 21.5. The second kappa shape index (κ2) is 12.1. The van der Waals surface area contributed by atoms with Crippen molar-refractivity contribution in [1.29, 1.82) is 0 Å². The van der Waals surface area contributed by atoms with Crippen LogP contribution < -0.4 is 15.8 Å². The summed E-state index contributed by atoms with van der Waals surface area (Å²) in [6.45, 7) is 5.32. The summed E-state index contributed by atoms with van der Waals surface area (Å²) in [7, 11) is 0. The lowest BCUT2D eigenvalue weighted by molar-refractivity contribution is -0.130. The molecular formula is C26H27ClF2N6O3. The van der Waals surface area contributed by atoms with Gasteiger partial charge in [0.2, 0.25) is 5.91 Å². The van der Waals surface area contributed by atoms with Gasteiger partial charge in [0.25, 0.3) is 11.8 Å². The number of aromatic nitrogens is 2. The Morgan fingerprint density at radius 2 is 1.76 bits per heavy atom. The lowest BCUT2D eigenvalue weighted by Crippen LogP contribution is -2.49. The molecule has 38 heavy (non-hydrogen) atoms. The number of benzene rings is 2. The van der Waals surface area contributed by atoms with Crippen LogP contribution in [-0.2, 0) is 11.4 Å². The molecule has 0 bridgehead atoms. The Balaban J connectivity index is 1.33. The van der Waals surface area contributed by atoms with Crippen LogP contribution in [0.2, 0.25) is 5.02 Å². The topological polar surface area (TPSA) is 114 Å². The zero-order chi connectivity index (χ0) is 27.2. The molecule has 1 aliphatic heterocycles. The Morgan fingerprint density at radius 3 is 2.45 bits per heavy atom. The molecule has 9 nitrogen and oxygen atoms in total. The van der Waals surface area contributed by atoms with Crippen LogP contribution in [-0.4, -0.2) is 70.9 Å². The maximum absolute atomic E-state index is 14.0. The molecule has 2 heterocycles. The SMILES string of the molecule is CC(=O)N1CCN(CCNC(=O)c2ccc(-c3cnc(N)c(OCc4c(F)ccc(F)c4Cl)n3)cc2)CC1. The first kappa shape index (κ1) is 27.2. The summed E-state index contributed by atoms with van der Waals surface area (Å²) in [4.78, 5) is 36.4. The molecule has 3 N–H and O–H groups in total. The average molecular weight is 545 g/mol. The largest absolute Gasteiger partial charge is 0.470 e. The maximum atomic E-state index is 14.0. The van der Waals surface area contributed by atoms with E-state index in [0.717, 1.165) is 25.2 Å². The fourth-order valence-corrected chi connectivity index (χ4v) is 4.18. The van der Waals surface area contributed by atoms with Crippen LogP contribution in [0.4, 0.5) is 14.6 Å². The number of carbonyl (C=O) groups excluding carboxylic acids is 2. The smallest absolute Gasteiger partial charge is 0.258 e. The molecule has 3 aromatic rings. The van der Waals surface area contributed by atoms with Crippen LogP contribution in [0.3, 0.4) is 0 Å². The minimum absolute atomic E-state index is 0.0274. The molecule has 0 spiro atoms. The minimum Gasteiger partial charge on any atom is -0.470 e. The van der Waals surface area contributed by atoms with Crippen molar-refractivity contribution < 1.29 is 23.1 Å². The molecule has 12 heteroatoms. The molecule has 0 unspecified atom stereocenters. The molecule has 0 aliphatic carbocycles. The number of nitrogens with two attached hydrogens (primary N) is 1. The standard InChI is InChI=1S/C26H27ClF2N6O3/c1-16(36)35-12-10-34(11-13-35)9-8-31-25(37)18-4-2-17(3-5-18)22-14-32-24(30)26(33-22)38-15-19-20(28)6-7-21(29)23(19)27/h2-7,14H,8-13,15H2,1H3,(H2,30,32)(H,31,37). The van der Waals surface area contributed by atoms with Crippen molar-refractivity contribution in [2.45, 2.75) is 13.5 Å². The van der Waals surface area contributed by atoms with Crippen molar-refractivity contribution in [3.8, 4) is 17.1 Å². The molecule has 0 radical (unpaired) electrons. The highest BCUT2D eigenvalue weighted by atomic mass is 35.5. The summed E-state index contributed by atoms with van der Waals surface area (Å²) in [5.74, 6) is -1.70. The number of halogens is 3. The van der Waals surface area contributed by atoms with E-state index in [4.69, 9.17) is 22.1 Å². The average Bonchev–Trinajstić information content (AvgIpc) is 2.92. The van der Waals surface area contributed by atoms with E-state index in [9.17, 15) is 18.4 Å². The van der Waals surface area contributed by atoms with Gasteiger partial charge in [0.05, 0.1) is 16.9 Å². The number of carbonyl (C=O) groups is 2. The predicted octanol–water partition coefficient (Wildman–Crippen LogP) is 3.13. The van der Waals surface area contributed by atoms with E-state index in [1.165, 1.54) is 6.20 Å². The molecule has 1 fully saturated rings. The third-order valence-corrected chi connectivity index (χ3v) is 6.64. The Hall–Kier alpha value is -3.83. The normalized spacial score (nSPS) is 13.8. The van der Waals surface area contributed by atoms with E-state index in [1.54, 1.807) is 31.2 Å². The molecule has 1 aromatic heterocycles. The van der Waals surface area contributed by atoms with E-state index in [1.807, 2.05) is 4.90 Å². The predicted molar refractivity (Wildman–Crippen MR) is 139 cm³/mol. The number of nitrogen functional groups attached to an aromatic ring is 1. The molecule has 4 rings (SSSR count).